The van der Waals surface area contributed by atoms with Crippen LogP contribution in [0.15, 0.2) is 120 Å². The van der Waals surface area contributed by atoms with Gasteiger partial charge in [-0.2, -0.15) is 0 Å². The minimum Gasteiger partial charge on any atom is -0.497 e. The molecule has 0 N–H and O–H groups in total. The zero-order valence-electron chi connectivity index (χ0n) is 28.1. The normalized spacial score (nSPS) is 11.8. The van der Waals surface area contributed by atoms with Crippen molar-refractivity contribution in [2.75, 3.05) is 0 Å². The second-order valence-electron chi connectivity index (χ2n) is 13.2. The van der Waals surface area contributed by atoms with E-state index in [0.717, 1.165) is 60.5 Å². The number of imidazole rings is 1. The van der Waals surface area contributed by atoms with Gasteiger partial charge in [0.15, 0.2) is 0 Å². The SMILES string of the molecule is CC(C)c1cccc(C(C)C)c1-n1c(-c2[c-]c(Oc3[c-]c4c(cc3)ccc3cc5c(nc34)oc3ccccc35)ccc2)nc2ccccc21.[Pt+2]. The van der Waals surface area contributed by atoms with Gasteiger partial charge in [0.1, 0.15) is 5.58 Å². The molecule has 9 rings (SSSR count). The summed E-state index contributed by atoms with van der Waals surface area (Å²) in [5.74, 6) is 2.66. The third-order valence-corrected chi connectivity index (χ3v) is 9.39. The van der Waals surface area contributed by atoms with Crippen LogP contribution in [0.3, 0.4) is 0 Å². The van der Waals surface area contributed by atoms with Crippen LogP contribution in [-0.4, -0.2) is 14.5 Å². The summed E-state index contributed by atoms with van der Waals surface area (Å²) in [7, 11) is 0. The minimum atomic E-state index is 0. The number of nitrogens with zero attached hydrogens (tertiary/aromatic N) is 3. The fourth-order valence-corrected chi connectivity index (χ4v) is 7.01. The molecular weight excluding hydrogens is 798 g/mol. The molecule has 50 heavy (non-hydrogen) atoms. The van der Waals surface area contributed by atoms with E-state index in [0.29, 0.717) is 29.0 Å². The van der Waals surface area contributed by atoms with Gasteiger partial charge in [-0.1, -0.05) is 100 Å². The maximum absolute atomic E-state index is 6.48. The fourth-order valence-electron chi connectivity index (χ4n) is 7.01. The largest absolute Gasteiger partial charge is 2.00 e. The van der Waals surface area contributed by atoms with E-state index in [1.54, 1.807) is 0 Å². The van der Waals surface area contributed by atoms with Crippen molar-refractivity contribution in [2.24, 2.45) is 0 Å². The molecule has 6 aromatic carbocycles. The molecule has 246 valence electrons. The van der Waals surface area contributed by atoms with Gasteiger partial charge >= 0.3 is 21.1 Å². The van der Waals surface area contributed by atoms with Crippen molar-refractivity contribution in [3.05, 3.63) is 139 Å². The van der Waals surface area contributed by atoms with Crippen LogP contribution >= 0.6 is 0 Å². The molecular formula is C44H33N3O2Pt. The van der Waals surface area contributed by atoms with Gasteiger partial charge < -0.3 is 13.7 Å². The van der Waals surface area contributed by atoms with Crippen LogP contribution in [0.1, 0.15) is 50.7 Å². The summed E-state index contributed by atoms with van der Waals surface area (Å²) in [5, 5.41) is 4.99. The molecule has 6 heteroatoms. The van der Waals surface area contributed by atoms with Crippen LogP contribution in [0.4, 0.5) is 0 Å². The summed E-state index contributed by atoms with van der Waals surface area (Å²) in [6.45, 7) is 9.00. The molecule has 3 heterocycles. The van der Waals surface area contributed by atoms with Gasteiger partial charge in [-0.3, -0.25) is 9.97 Å². The number of rotatable bonds is 6. The van der Waals surface area contributed by atoms with E-state index < -0.39 is 0 Å². The first-order chi connectivity index (χ1) is 23.9. The first kappa shape index (κ1) is 32.0. The molecule has 0 saturated carbocycles. The Kier molecular flexibility index (Phi) is 8.04. The fraction of sp³-hybridized carbons (Fsp3) is 0.136. The number of benzene rings is 6. The van der Waals surface area contributed by atoms with E-state index in [4.69, 9.17) is 19.1 Å². The van der Waals surface area contributed by atoms with Gasteiger partial charge in [-0.15, -0.1) is 46.7 Å². The molecule has 0 aliphatic rings. The Morgan fingerprint density at radius 3 is 2.18 bits per heavy atom. The van der Waals surface area contributed by atoms with Crippen molar-refractivity contribution in [3.63, 3.8) is 0 Å². The standard InChI is InChI=1S/C44H33N3O2.Pt/c1-26(2)33-14-10-15-34(27(3)4)42(33)47-39-17-7-6-16-38(39)45-43(47)30-11-9-12-31(23-30)48-32-22-21-28-19-20-29-24-37-35-13-5-8-18-40(35)49-44(37)46-41(29)36(28)25-32;/h5-22,24,26-27H,1-4H3;/q-2;+2. The molecule has 0 spiro atoms. The predicted octanol–water partition coefficient (Wildman–Crippen LogP) is 11.9. The maximum Gasteiger partial charge on any atom is 2.00 e. The summed E-state index contributed by atoms with van der Waals surface area (Å²) in [6, 6.07) is 46.4. The molecule has 0 atom stereocenters. The van der Waals surface area contributed by atoms with Crippen molar-refractivity contribution in [2.45, 2.75) is 39.5 Å². The van der Waals surface area contributed by atoms with Crippen LogP contribution < -0.4 is 4.74 Å². The van der Waals surface area contributed by atoms with E-state index >= 15 is 0 Å². The second-order valence-corrected chi connectivity index (χ2v) is 13.2. The van der Waals surface area contributed by atoms with Gasteiger partial charge in [0.05, 0.1) is 16.9 Å². The number of pyridine rings is 1. The quantitative estimate of drug-likeness (QED) is 0.124. The molecule has 0 saturated heterocycles. The van der Waals surface area contributed by atoms with Gasteiger partial charge in [-0.25, -0.2) is 0 Å². The van der Waals surface area contributed by atoms with E-state index in [1.165, 1.54) is 16.8 Å². The Bertz CT molecular complexity index is 2700. The second kappa shape index (κ2) is 12.6. The Labute approximate surface area is 304 Å². The average molecular weight is 831 g/mol. The zero-order chi connectivity index (χ0) is 33.2. The molecule has 0 unspecified atom stereocenters. The van der Waals surface area contributed by atoms with Crippen LogP contribution in [0.5, 0.6) is 11.5 Å². The third-order valence-electron chi connectivity index (χ3n) is 9.39. The molecule has 0 aliphatic carbocycles. The smallest absolute Gasteiger partial charge is 0.497 e. The van der Waals surface area contributed by atoms with Crippen molar-refractivity contribution in [1.82, 2.24) is 14.5 Å². The number of aromatic nitrogens is 3. The van der Waals surface area contributed by atoms with E-state index in [9.17, 15) is 0 Å². The molecule has 0 aliphatic heterocycles. The number of para-hydroxylation sites is 4. The van der Waals surface area contributed by atoms with Crippen molar-refractivity contribution in [3.8, 4) is 28.6 Å². The van der Waals surface area contributed by atoms with Gasteiger partial charge in [-0.05, 0) is 58.1 Å². The van der Waals surface area contributed by atoms with E-state index in [-0.39, 0.29) is 21.1 Å². The maximum atomic E-state index is 6.48. The third kappa shape index (κ3) is 5.28. The van der Waals surface area contributed by atoms with Crippen LogP contribution in [0, 0.1) is 12.1 Å². The Morgan fingerprint density at radius 2 is 1.36 bits per heavy atom. The number of fused-ring (bicyclic) bond motifs is 7. The monoisotopic (exact) mass is 830 g/mol. The van der Waals surface area contributed by atoms with Crippen molar-refractivity contribution in [1.29, 1.82) is 0 Å². The average Bonchev–Trinajstić information content (AvgIpc) is 3.68. The Hall–Kier alpha value is -5.25. The first-order valence-electron chi connectivity index (χ1n) is 16.8. The number of hydrogen-bond acceptors (Lipinski definition) is 4. The molecule has 0 radical (unpaired) electrons. The predicted molar refractivity (Wildman–Crippen MR) is 199 cm³/mol. The zero-order valence-corrected chi connectivity index (χ0v) is 30.4. The topological polar surface area (TPSA) is 53.1 Å². The Balaban J connectivity index is 0.00000361. The molecule has 0 fully saturated rings. The summed E-state index contributed by atoms with van der Waals surface area (Å²) in [5.41, 5.74) is 8.88. The number of hydrogen-bond donors (Lipinski definition) is 0. The minimum absolute atomic E-state index is 0. The molecule has 5 nitrogen and oxygen atoms in total. The van der Waals surface area contributed by atoms with Crippen molar-refractivity contribution < 1.29 is 30.2 Å². The van der Waals surface area contributed by atoms with Crippen molar-refractivity contribution >= 4 is 54.8 Å². The summed E-state index contributed by atoms with van der Waals surface area (Å²) < 4.78 is 14.9. The van der Waals surface area contributed by atoms with E-state index in [2.05, 4.69) is 111 Å². The number of ether oxygens (including phenoxy) is 1. The molecule has 9 aromatic rings. The van der Waals surface area contributed by atoms with Gasteiger partial charge in [0, 0.05) is 28.0 Å². The van der Waals surface area contributed by atoms with E-state index in [1.807, 2.05) is 48.5 Å². The summed E-state index contributed by atoms with van der Waals surface area (Å²) in [4.78, 5) is 10.1. The van der Waals surface area contributed by atoms with Crippen LogP contribution in [0.2, 0.25) is 0 Å². The van der Waals surface area contributed by atoms with Gasteiger partial charge in [0.2, 0.25) is 5.71 Å². The van der Waals surface area contributed by atoms with Gasteiger partial charge in [0.25, 0.3) is 0 Å². The summed E-state index contributed by atoms with van der Waals surface area (Å²) >= 11 is 0. The van der Waals surface area contributed by atoms with Crippen LogP contribution in [0.25, 0.3) is 71.9 Å². The first-order valence-corrected chi connectivity index (χ1v) is 16.8. The van der Waals surface area contributed by atoms with Crippen LogP contribution in [-0.2, 0) is 21.1 Å². The number of furan rings is 1. The summed E-state index contributed by atoms with van der Waals surface area (Å²) in [6.07, 6.45) is 0. The molecule has 0 amide bonds. The Morgan fingerprint density at radius 1 is 0.660 bits per heavy atom. The molecule has 3 aromatic heterocycles. The molecule has 0 bridgehead atoms.